The first-order valence-electron chi connectivity index (χ1n) is 15.1. The molecule has 4 fully saturated rings. The molecule has 4 saturated carbocycles. The molecule has 9 atom stereocenters. The SMILES string of the molecule is CC(C)CCC[C@@H](C)[C@H]1CC[C@H]2[C@@H]3CCC4CC([Te]c5ccc(F)cc5)CC[C@]4(C)[C@H]3CC[C@]12C. The summed E-state index contributed by atoms with van der Waals surface area (Å²) >= 11 is -0.200. The van der Waals surface area contributed by atoms with Gasteiger partial charge in [0.15, 0.2) is 0 Å². The Bertz CT molecular complexity index is 847. The van der Waals surface area contributed by atoms with Crippen molar-refractivity contribution in [2.24, 2.45) is 52.3 Å². The van der Waals surface area contributed by atoms with E-state index in [0.29, 0.717) is 10.8 Å². The third-order valence-electron chi connectivity index (χ3n) is 11.9. The second kappa shape index (κ2) is 10.6. The first-order valence-corrected chi connectivity index (χ1v) is 17.6. The zero-order valence-corrected chi connectivity index (χ0v) is 25.5. The van der Waals surface area contributed by atoms with Crippen LogP contribution >= 0.6 is 0 Å². The molecule has 0 spiro atoms. The van der Waals surface area contributed by atoms with Gasteiger partial charge in [-0.2, -0.15) is 0 Å². The Balaban J connectivity index is 1.23. The van der Waals surface area contributed by atoms with E-state index >= 15 is 0 Å². The zero-order chi connectivity index (χ0) is 24.8. The zero-order valence-electron chi connectivity index (χ0n) is 23.2. The predicted octanol–water partition coefficient (Wildman–Crippen LogP) is 9.07. The number of fused-ring (bicyclic) bond motifs is 5. The molecule has 0 nitrogen and oxygen atoms in total. The second-order valence-electron chi connectivity index (χ2n) is 14.2. The molecule has 0 N–H and O–H groups in total. The van der Waals surface area contributed by atoms with Gasteiger partial charge >= 0.3 is 201 Å². The summed E-state index contributed by atoms with van der Waals surface area (Å²) in [5.41, 5.74) is 1.21. The van der Waals surface area contributed by atoms with Crippen LogP contribution in [0.4, 0.5) is 4.39 Å². The van der Waals surface area contributed by atoms with Gasteiger partial charge in [0.1, 0.15) is 0 Å². The average Bonchev–Trinajstić information content (AvgIpc) is 3.18. The van der Waals surface area contributed by atoms with Crippen molar-refractivity contribution in [3.63, 3.8) is 0 Å². The Morgan fingerprint density at radius 3 is 2.31 bits per heavy atom. The predicted molar refractivity (Wildman–Crippen MR) is 149 cm³/mol. The van der Waals surface area contributed by atoms with Crippen molar-refractivity contribution in [3.8, 4) is 0 Å². The van der Waals surface area contributed by atoms with Gasteiger partial charge in [-0.15, -0.1) is 0 Å². The van der Waals surface area contributed by atoms with Gasteiger partial charge in [-0.3, -0.25) is 0 Å². The summed E-state index contributed by atoms with van der Waals surface area (Å²) in [5, 5.41) is 0. The summed E-state index contributed by atoms with van der Waals surface area (Å²) in [7, 11) is 0. The Morgan fingerprint density at radius 2 is 1.57 bits per heavy atom. The first-order chi connectivity index (χ1) is 16.7. The van der Waals surface area contributed by atoms with Crippen LogP contribution in [0.5, 0.6) is 0 Å². The van der Waals surface area contributed by atoms with Crippen molar-refractivity contribution in [2.45, 2.75) is 116 Å². The van der Waals surface area contributed by atoms with Crippen LogP contribution in [-0.4, -0.2) is 20.9 Å². The molecule has 2 unspecified atom stereocenters. The first kappa shape index (κ1) is 26.5. The van der Waals surface area contributed by atoms with E-state index in [2.05, 4.69) is 46.8 Å². The van der Waals surface area contributed by atoms with Crippen molar-refractivity contribution >= 4 is 24.5 Å². The minimum atomic E-state index is -0.200. The molecule has 0 radical (unpaired) electrons. The summed E-state index contributed by atoms with van der Waals surface area (Å²) < 4.78 is 15.8. The van der Waals surface area contributed by atoms with Gasteiger partial charge in [0, 0.05) is 0 Å². The van der Waals surface area contributed by atoms with Gasteiger partial charge in [0.25, 0.3) is 0 Å². The molecule has 196 valence electrons. The van der Waals surface area contributed by atoms with E-state index in [1.807, 2.05) is 0 Å². The van der Waals surface area contributed by atoms with Crippen LogP contribution in [0.3, 0.4) is 0 Å². The van der Waals surface area contributed by atoms with Crippen LogP contribution in [0.2, 0.25) is 3.97 Å². The number of halogens is 1. The number of rotatable bonds is 7. The van der Waals surface area contributed by atoms with E-state index in [0.717, 1.165) is 45.4 Å². The molecule has 1 aromatic rings. The molecule has 4 aliphatic carbocycles. The molecule has 0 aliphatic heterocycles. The quantitative estimate of drug-likeness (QED) is 0.277. The monoisotopic (exact) mass is 596 g/mol. The summed E-state index contributed by atoms with van der Waals surface area (Å²) in [6, 6.07) is 7.50. The van der Waals surface area contributed by atoms with E-state index < -0.39 is 0 Å². The second-order valence-corrected chi connectivity index (χ2v) is 18.1. The van der Waals surface area contributed by atoms with Crippen LogP contribution in [-0.2, 0) is 0 Å². The molecule has 4 aliphatic rings. The van der Waals surface area contributed by atoms with Crippen molar-refractivity contribution in [1.82, 2.24) is 0 Å². The van der Waals surface area contributed by atoms with Crippen molar-refractivity contribution in [2.75, 3.05) is 0 Å². The van der Waals surface area contributed by atoms with Crippen molar-refractivity contribution < 1.29 is 4.39 Å². The standard InChI is InChI=1S/C33H51FTe/c1-22(2)7-6-8-23(3)29-15-16-30-28-14-9-24-21-27(35-26-12-10-25(34)11-13-26)17-19-32(24,4)31(28)18-20-33(29,30)5/h10-13,22-24,27-31H,6-9,14-21H2,1-5H3/t23-,24?,27?,28+,29-,30+,31+,32+,33-/m1/s1. The summed E-state index contributed by atoms with van der Waals surface area (Å²) in [4.78, 5) is 0. The van der Waals surface area contributed by atoms with E-state index in [1.54, 1.807) is 12.1 Å². The molecular weight excluding hydrogens is 543 g/mol. The normalized spacial score (nSPS) is 41.8. The van der Waals surface area contributed by atoms with Crippen LogP contribution in [0.15, 0.2) is 24.3 Å². The molecule has 0 amide bonds. The fraction of sp³-hybridized carbons (Fsp3) is 0.818. The topological polar surface area (TPSA) is 0 Å². The Kier molecular flexibility index (Phi) is 8.04. The Morgan fingerprint density at radius 1 is 0.857 bits per heavy atom. The minimum absolute atomic E-state index is 0.0841. The number of benzene rings is 1. The van der Waals surface area contributed by atoms with E-state index in [9.17, 15) is 4.39 Å². The summed E-state index contributed by atoms with van der Waals surface area (Å²) in [5.74, 6) is 6.61. The molecular formula is C33H51FTe. The number of hydrogen-bond acceptors (Lipinski definition) is 0. The van der Waals surface area contributed by atoms with E-state index in [4.69, 9.17) is 0 Å². The van der Waals surface area contributed by atoms with Crippen LogP contribution < -0.4 is 3.61 Å². The Hall–Kier alpha value is -0.0604. The molecule has 5 rings (SSSR count). The van der Waals surface area contributed by atoms with Crippen LogP contribution in [0.25, 0.3) is 0 Å². The van der Waals surface area contributed by atoms with Gasteiger partial charge in [-0.05, 0) is 5.92 Å². The molecule has 1 aromatic carbocycles. The Labute approximate surface area is 226 Å². The molecule has 35 heavy (non-hydrogen) atoms. The maximum absolute atomic E-state index is 13.4. The molecule has 0 heterocycles. The van der Waals surface area contributed by atoms with Crippen LogP contribution in [0, 0.1) is 58.1 Å². The molecule has 0 bridgehead atoms. The maximum atomic E-state index is 13.4. The summed E-state index contributed by atoms with van der Waals surface area (Å²) in [6.45, 7) is 12.8. The van der Waals surface area contributed by atoms with Gasteiger partial charge in [0.2, 0.25) is 0 Å². The van der Waals surface area contributed by atoms with Crippen molar-refractivity contribution in [3.05, 3.63) is 30.1 Å². The van der Waals surface area contributed by atoms with Gasteiger partial charge in [-0.25, -0.2) is 0 Å². The fourth-order valence-electron chi connectivity index (χ4n) is 10.1. The van der Waals surface area contributed by atoms with Gasteiger partial charge in [0.05, 0.1) is 0 Å². The fourth-order valence-corrected chi connectivity index (χ4v) is 13.6. The number of hydrogen-bond donors (Lipinski definition) is 0. The van der Waals surface area contributed by atoms with E-state index in [-0.39, 0.29) is 26.7 Å². The van der Waals surface area contributed by atoms with Gasteiger partial charge < -0.3 is 0 Å². The average molecular weight is 594 g/mol. The summed E-state index contributed by atoms with van der Waals surface area (Å²) in [6.07, 6.45) is 17.7. The third-order valence-corrected chi connectivity index (χ3v) is 15.7. The molecule has 0 aromatic heterocycles. The molecule has 0 saturated heterocycles. The molecule has 2 heteroatoms. The van der Waals surface area contributed by atoms with E-state index in [1.165, 1.54) is 80.7 Å². The van der Waals surface area contributed by atoms with Crippen molar-refractivity contribution in [1.29, 1.82) is 0 Å². The van der Waals surface area contributed by atoms with Gasteiger partial charge in [-0.1, -0.05) is 20.3 Å². The third kappa shape index (κ3) is 5.16. The van der Waals surface area contributed by atoms with Crippen LogP contribution in [0.1, 0.15) is 112 Å².